The summed E-state index contributed by atoms with van der Waals surface area (Å²) in [6.45, 7) is 9.39. The van der Waals surface area contributed by atoms with E-state index in [9.17, 15) is 9.59 Å². The first kappa shape index (κ1) is 17.3. The van der Waals surface area contributed by atoms with Crippen molar-refractivity contribution >= 4 is 11.5 Å². The lowest BCUT2D eigenvalue weighted by Crippen LogP contribution is -2.35. The topological polar surface area (TPSA) is 92.9 Å². The maximum atomic E-state index is 11.9. The summed E-state index contributed by atoms with van der Waals surface area (Å²) in [5.74, 6) is 0.204. The van der Waals surface area contributed by atoms with Gasteiger partial charge < -0.3 is 11.1 Å². The monoisotopic (exact) mass is 296 g/mol. The first-order chi connectivity index (χ1) is 9.82. The highest BCUT2D eigenvalue weighted by Crippen LogP contribution is 2.24. The van der Waals surface area contributed by atoms with Crippen LogP contribution in [-0.2, 0) is 6.54 Å². The predicted octanol–water partition coefficient (Wildman–Crippen LogP) is 2.16. The number of unbranched alkanes of at least 4 members (excludes halogenated alkanes) is 2. The van der Waals surface area contributed by atoms with E-state index in [1.807, 2.05) is 6.92 Å². The van der Waals surface area contributed by atoms with Gasteiger partial charge in [0.1, 0.15) is 11.5 Å². The summed E-state index contributed by atoms with van der Waals surface area (Å²) in [6.07, 6.45) is 4.66. The Morgan fingerprint density at radius 1 is 1.24 bits per heavy atom. The molecule has 0 amide bonds. The fourth-order valence-corrected chi connectivity index (χ4v) is 2.34. The van der Waals surface area contributed by atoms with Gasteiger partial charge in [0.2, 0.25) is 0 Å². The zero-order valence-electron chi connectivity index (χ0n) is 13.6. The molecule has 1 rings (SSSR count). The summed E-state index contributed by atoms with van der Waals surface area (Å²) in [4.78, 5) is 25.8. The third-order valence-electron chi connectivity index (χ3n) is 3.76. The number of H-pyrrole nitrogens is 1. The van der Waals surface area contributed by atoms with Gasteiger partial charge in [-0.05, 0) is 18.8 Å². The van der Waals surface area contributed by atoms with Crippen molar-refractivity contribution in [3.63, 3.8) is 0 Å². The number of anilines is 2. The standard InChI is InChI=1S/C15H28N4O2/c1-5-7-8-9-15(3,4)10-17-11-12(16)19(6-2)14(21)18-13(11)20/h17H,5-10,16H2,1-4H3,(H,18,20,21). The number of nitrogen functional groups attached to an aromatic ring is 1. The van der Waals surface area contributed by atoms with Crippen LogP contribution in [-0.4, -0.2) is 16.1 Å². The second-order valence-corrected chi connectivity index (χ2v) is 6.24. The van der Waals surface area contributed by atoms with Gasteiger partial charge in [0, 0.05) is 13.1 Å². The van der Waals surface area contributed by atoms with Crippen LogP contribution in [0.1, 0.15) is 53.4 Å². The van der Waals surface area contributed by atoms with Crippen LogP contribution in [0, 0.1) is 5.41 Å². The van der Waals surface area contributed by atoms with E-state index in [0.29, 0.717) is 18.8 Å². The van der Waals surface area contributed by atoms with E-state index >= 15 is 0 Å². The first-order valence-corrected chi connectivity index (χ1v) is 7.69. The van der Waals surface area contributed by atoms with Gasteiger partial charge in [-0.3, -0.25) is 14.3 Å². The van der Waals surface area contributed by atoms with Crippen LogP contribution in [0.25, 0.3) is 0 Å². The predicted molar refractivity (Wildman–Crippen MR) is 87.8 cm³/mol. The van der Waals surface area contributed by atoms with Crippen molar-refractivity contribution in [3.8, 4) is 0 Å². The van der Waals surface area contributed by atoms with E-state index in [-0.39, 0.29) is 11.2 Å². The highest BCUT2D eigenvalue weighted by atomic mass is 16.2. The van der Waals surface area contributed by atoms with Gasteiger partial charge >= 0.3 is 5.69 Å². The largest absolute Gasteiger partial charge is 0.383 e. The van der Waals surface area contributed by atoms with Crippen LogP contribution in [0.4, 0.5) is 11.5 Å². The van der Waals surface area contributed by atoms with E-state index in [2.05, 4.69) is 31.1 Å². The molecule has 0 saturated heterocycles. The average molecular weight is 296 g/mol. The number of rotatable bonds is 8. The highest BCUT2D eigenvalue weighted by molar-refractivity contribution is 5.60. The lowest BCUT2D eigenvalue weighted by Gasteiger charge is -2.26. The number of nitrogens with zero attached hydrogens (tertiary/aromatic N) is 1. The van der Waals surface area contributed by atoms with E-state index < -0.39 is 11.2 Å². The van der Waals surface area contributed by atoms with Gasteiger partial charge in [-0.2, -0.15) is 0 Å². The third-order valence-corrected chi connectivity index (χ3v) is 3.76. The maximum absolute atomic E-state index is 11.9. The Hall–Kier alpha value is -1.72. The van der Waals surface area contributed by atoms with Crippen molar-refractivity contribution in [2.24, 2.45) is 5.41 Å². The molecule has 0 bridgehead atoms. The maximum Gasteiger partial charge on any atom is 0.330 e. The van der Waals surface area contributed by atoms with Crippen molar-refractivity contribution < 1.29 is 0 Å². The molecule has 1 aromatic rings. The third kappa shape index (κ3) is 4.65. The van der Waals surface area contributed by atoms with Crippen LogP contribution in [0.5, 0.6) is 0 Å². The van der Waals surface area contributed by atoms with Crippen molar-refractivity contribution in [2.75, 3.05) is 17.6 Å². The fraction of sp³-hybridized carbons (Fsp3) is 0.733. The smallest absolute Gasteiger partial charge is 0.330 e. The zero-order chi connectivity index (χ0) is 16.0. The molecule has 0 aliphatic heterocycles. The minimum atomic E-state index is -0.465. The Balaban J connectivity index is 2.84. The molecule has 0 saturated carbocycles. The molecule has 6 nitrogen and oxygen atoms in total. The fourth-order valence-electron chi connectivity index (χ4n) is 2.34. The molecule has 0 aromatic carbocycles. The van der Waals surface area contributed by atoms with Crippen LogP contribution < -0.4 is 22.3 Å². The van der Waals surface area contributed by atoms with E-state index in [1.54, 1.807) is 0 Å². The molecule has 0 atom stereocenters. The Morgan fingerprint density at radius 2 is 1.90 bits per heavy atom. The van der Waals surface area contributed by atoms with Crippen molar-refractivity contribution in [1.29, 1.82) is 0 Å². The summed E-state index contributed by atoms with van der Waals surface area (Å²) in [5, 5.41) is 3.12. The van der Waals surface area contributed by atoms with Crippen LogP contribution >= 0.6 is 0 Å². The van der Waals surface area contributed by atoms with E-state index in [1.165, 1.54) is 23.8 Å². The van der Waals surface area contributed by atoms with Crippen molar-refractivity contribution in [3.05, 3.63) is 20.8 Å². The van der Waals surface area contributed by atoms with Gasteiger partial charge in [-0.15, -0.1) is 0 Å². The Bertz CT molecular complexity index is 572. The van der Waals surface area contributed by atoms with Crippen LogP contribution in [0.15, 0.2) is 9.59 Å². The molecule has 1 heterocycles. The van der Waals surface area contributed by atoms with E-state index in [0.717, 1.165) is 6.42 Å². The number of hydrogen-bond donors (Lipinski definition) is 3. The lowest BCUT2D eigenvalue weighted by molar-refractivity contribution is 0.342. The molecule has 0 radical (unpaired) electrons. The normalized spacial score (nSPS) is 11.6. The minimum absolute atomic E-state index is 0.0707. The highest BCUT2D eigenvalue weighted by Gasteiger charge is 2.19. The summed E-state index contributed by atoms with van der Waals surface area (Å²) in [7, 11) is 0. The minimum Gasteiger partial charge on any atom is -0.383 e. The summed E-state index contributed by atoms with van der Waals surface area (Å²) < 4.78 is 1.35. The molecule has 0 unspecified atom stereocenters. The molecular weight excluding hydrogens is 268 g/mol. The van der Waals surface area contributed by atoms with Crippen molar-refractivity contribution in [1.82, 2.24) is 9.55 Å². The van der Waals surface area contributed by atoms with Crippen molar-refractivity contribution in [2.45, 2.75) is 59.9 Å². The van der Waals surface area contributed by atoms with Crippen LogP contribution in [0.2, 0.25) is 0 Å². The lowest BCUT2D eigenvalue weighted by atomic mass is 9.87. The molecule has 0 fully saturated rings. The van der Waals surface area contributed by atoms with Gasteiger partial charge in [0.25, 0.3) is 5.56 Å². The Kier molecular flexibility index (Phi) is 6.05. The molecule has 120 valence electrons. The van der Waals surface area contributed by atoms with E-state index in [4.69, 9.17) is 5.73 Å². The second-order valence-electron chi connectivity index (χ2n) is 6.24. The Labute approximate surface area is 125 Å². The van der Waals surface area contributed by atoms with Crippen LogP contribution in [0.3, 0.4) is 0 Å². The quantitative estimate of drug-likeness (QED) is 0.641. The number of aromatic amines is 1. The summed E-state index contributed by atoms with van der Waals surface area (Å²) in [5.41, 5.74) is 5.37. The van der Waals surface area contributed by atoms with Gasteiger partial charge in [-0.1, -0.05) is 40.0 Å². The SMILES string of the molecule is CCCCCC(C)(C)CNc1c(N)n(CC)c(=O)[nH]c1=O. The molecule has 0 aliphatic carbocycles. The summed E-state index contributed by atoms with van der Waals surface area (Å²) >= 11 is 0. The molecule has 1 aromatic heterocycles. The zero-order valence-corrected chi connectivity index (χ0v) is 13.6. The second kappa shape index (κ2) is 7.33. The number of nitrogens with one attached hydrogen (secondary N) is 2. The molecule has 0 aliphatic rings. The molecule has 6 heteroatoms. The number of hydrogen-bond acceptors (Lipinski definition) is 4. The number of aromatic nitrogens is 2. The number of nitrogens with two attached hydrogens (primary N) is 1. The molecule has 21 heavy (non-hydrogen) atoms. The van der Waals surface area contributed by atoms with Gasteiger partial charge in [0.05, 0.1) is 0 Å². The van der Waals surface area contributed by atoms with Gasteiger partial charge in [0.15, 0.2) is 0 Å². The molecular formula is C15H28N4O2. The van der Waals surface area contributed by atoms with Gasteiger partial charge in [-0.25, -0.2) is 4.79 Å². The molecule has 0 spiro atoms. The average Bonchev–Trinajstić information content (AvgIpc) is 2.38. The summed E-state index contributed by atoms with van der Waals surface area (Å²) in [6, 6.07) is 0. The Morgan fingerprint density at radius 3 is 2.48 bits per heavy atom. The molecule has 4 N–H and O–H groups in total. The first-order valence-electron chi connectivity index (χ1n) is 7.69.